The van der Waals surface area contributed by atoms with Gasteiger partial charge in [-0.25, -0.2) is 0 Å². The standard InChI is InChI=1S/3CH2O4.2Ga/c3*2-1(3)5-4;;/h3*4H,(H,2,3);;/q;;;2*+3/p-6. The first-order valence-corrected chi connectivity index (χ1v) is 2.34. The fourth-order valence-corrected chi connectivity index (χ4v) is 0. The topological polar surface area (TPSA) is 217 Å². The molecule has 0 atom stereocenters. The molecule has 0 saturated heterocycles. The van der Waals surface area contributed by atoms with Crippen LogP contribution in [0.3, 0.4) is 0 Å². The number of carboxylic acid groups (broad SMARTS) is 3. The maximum Gasteiger partial charge on any atom is 3.00 e. The molecular formula is C3Ga2O12. The van der Waals surface area contributed by atoms with Gasteiger partial charge in [0.15, 0.2) is 0 Å². The van der Waals surface area contributed by atoms with Crippen LogP contribution in [0.2, 0.25) is 0 Å². The molecule has 14 heteroatoms. The maximum absolute atomic E-state index is 8.72. The summed E-state index contributed by atoms with van der Waals surface area (Å²) in [6.07, 6.45) is -6.15. The Hall–Kier alpha value is -1.04. The summed E-state index contributed by atoms with van der Waals surface area (Å²) in [6.45, 7) is 0. The predicted octanol–water partition coefficient (Wildman–Crippen LogP) is -7.90. The molecular weight excluding hydrogens is 367 g/mol. The minimum absolute atomic E-state index is 0. The van der Waals surface area contributed by atoms with Crippen molar-refractivity contribution in [2.45, 2.75) is 0 Å². The second kappa shape index (κ2) is 24.3. The van der Waals surface area contributed by atoms with Gasteiger partial charge in [-0.1, -0.05) is 0 Å². The molecule has 0 heterocycles. The van der Waals surface area contributed by atoms with Gasteiger partial charge in [-0.2, -0.15) is 0 Å². The first-order valence-electron chi connectivity index (χ1n) is 2.34. The zero-order valence-corrected chi connectivity index (χ0v) is 12.4. The first kappa shape index (κ1) is 29.7. The van der Waals surface area contributed by atoms with E-state index >= 15 is 0 Å². The Morgan fingerprint density at radius 1 is 0.588 bits per heavy atom. The van der Waals surface area contributed by atoms with E-state index in [1.165, 1.54) is 0 Å². The quantitative estimate of drug-likeness (QED) is 0.221. The van der Waals surface area contributed by atoms with Gasteiger partial charge in [0.05, 0.1) is 0 Å². The van der Waals surface area contributed by atoms with Crippen LogP contribution in [0.15, 0.2) is 0 Å². The molecule has 0 aromatic carbocycles. The Bertz CT molecular complexity index is 159. The van der Waals surface area contributed by atoms with Crippen molar-refractivity contribution >= 4 is 58.0 Å². The van der Waals surface area contributed by atoms with Gasteiger partial charge in [-0.05, 0) is 0 Å². The van der Waals surface area contributed by atoms with Gasteiger partial charge in [0.1, 0.15) is 0 Å². The molecule has 90 valence electrons. The molecule has 0 radical (unpaired) electrons. The number of rotatable bonds is 0. The normalized spacial score (nSPS) is 5.82. The molecule has 0 spiro atoms. The van der Waals surface area contributed by atoms with Gasteiger partial charge in [-0.3, -0.25) is 0 Å². The van der Waals surface area contributed by atoms with E-state index < -0.39 is 18.5 Å². The van der Waals surface area contributed by atoms with Crippen molar-refractivity contribution in [1.82, 2.24) is 0 Å². The molecule has 0 aliphatic heterocycles. The number of carbonyl (C=O) groups excluding carboxylic acids is 3. The Morgan fingerprint density at radius 3 is 0.647 bits per heavy atom. The van der Waals surface area contributed by atoms with Crippen LogP contribution in [0.25, 0.3) is 0 Å². The van der Waals surface area contributed by atoms with Crippen molar-refractivity contribution in [3.05, 3.63) is 0 Å². The van der Waals surface area contributed by atoms with Crippen molar-refractivity contribution in [3.63, 3.8) is 0 Å². The summed E-state index contributed by atoms with van der Waals surface area (Å²) in [7, 11) is 0. The second-order valence-corrected chi connectivity index (χ2v) is 1.00. The fraction of sp³-hybridized carbons (Fsp3) is 0. The Balaban J connectivity index is -0.0000000400. The summed E-state index contributed by atoms with van der Waals surface area (Å²) in [6, 6.07) is 0. The SMILES string of the molecule is O=C([O-])O[O-].O=C([O-])O[O-].O=C([O-])O[O-].[Ga+3].[Ga+3]. The molecule has 17 heavy (non-hydrogen) atoms. The third-order valence-electron chi connectivity index (χ3n) is 0.204. The van der Waals surface area contributed by atoms with Gasteiger partial charge in [0, 0.05) is 0 Å². The minimum Gasteiger partial charge on any atom is -0.755 e. The Kier molecular flexibility index (Phi) is 42.5. The molecule has 0 rings (SSSR count). The van der Waals surface area contributed by atoms with Crippen molar-refractivity contribution in [3.8, 4) is 0 Å². The zero-order chi connectivity index (χ0) is 12.9. The molecule has 0 fully saturated rings. The Labute approximate surface area is 118 Å². The smallest absolute Gasteiger partial charge is 0.755 e. The first-order chi connectivity index (χ1) is 6.81. The van der Waals surface area contributed by atoms with Gasteiger partial charge in [0.2, 0.25) is 18.5 Å². The average molecular weight is 367 g/mol. The summed E-state index contributed by atoms with van der Waals surface area (Å²) in [4.78, 5) is 33.1. The number of carbonyl (C=O) groups is 3. The van der Waals surface area contributed by atoms with Gasteiger partial charge >= 0.3 is 39.6 Å². The summed E-state index contributed by atoms with van der Waals surface area (Å²) in [5.74, 6) is 0. The van der Waals surface area contributed by atoms with Crippen molar-refractivity contribution in [2.75, 3.05) is 0 Å². The molecule has 0 saturated carbocycles. The number of hydrogen-bond acceptors (Lipinski definition) is 12. The minimum atomic E-state index is -2.05. The summed E-state index contributed by atoms with van der Waals surface area (Å²) in [5, 5.41) is 51.6. The molecule has 0 amide bonds. The van der Waals surface area contributed by atoms with E-state index in [0.717, 1.165) is 0 Å². The second-order valence-electron chi connectivity index (χ2n) is 1.00. The predicted molar refractivity (Wildman–Crippen MR) is 31.0 cm³/mol. The van der Waals surface area contributed by atoms with Crippen LogP contribution in [-0.4, -0.2) is 58.0 Å². The molecule has 0 aliphatic carbocycles. The van der Waals surface area contributed by atoms with Crippen LogP contribution in [0, 0.1) is 0 Å². The molecule has 12 nitrogen and oxygen atoms in total. The van der Waals surface area contributed by atoms with Crippen LogP contribution >= 0.6 is 0 Å². The van der Waals surface area contributed by atoms with Crippen molar-refractivity contribution in [2.24, 2.45) is 0 Å². The van der Waals surface area contributed by atoms with E-state index in [0.29, 0.717) is 0 Å². The van der Waals surface area contributed by atoms with Crippen LogP contribution in [0.5, 0.6) is 0 Å². The summed E-state index contributed by atoms with van der Waals surface area (Å²) >= 11 is 0. The van der Waals surface area contributed by atoms with E-state index in [2.05, 4.69) is 14.7 Å². The van der Waals surface area contributed by atoms with Crippen LogP contribution < -0.4 is 31.1 Å². The Morgan fingerprint density at radius 2 is 0.647 bits per heavy atom. The van der Waals surface area contributed by atoms with Crippen LogP contribution in [0.1, 0.15) is 0 Å². The van der Waals surface area contributed by atoms with Crippen molar-refractivity contribution in [1.29, 1.82) is 0 Å². The number of hydrogen-bond donors (Lipinski definition) is 0. The molecule has 0 aromatic rings. The van der Waals surface area contributed by atoms with Crippen molar-refractivity contribution < 1.29 is 60.1 Å². The third kappa shape index (κ3) is 102. The third-order valence-corrected chi connectivity index (χ3v) is 0.204. The van der Waals surface area contributed by atoms with Gasteiger partial charge in [-0.15, -0.1) is 0 Å². The molecule has 0 bridgehead atoms. The van der Waals surface area contributed by atoms with Crippen LogP contribution in [0.4, 0.5) is 14.4 Å². The monoisotopic (exact) mass is 366 g/mol. The fourth-order valence-electron chi connectivity index (χ4n) is 0. The average Bonchev–Trinajstić information content (AvgIpc) is 2.19. The van der Waals surface area contributed by atoms with E-state index in [1.54, 1.807) is 0 Å². The molecule has 0 unspecified atom stereocenters. The zero-order valence-electron chi connectivity index (χ0n) is 7.55. The summed E-state index contributed by atoms with van der Waals surface area (Å²) in [5.41, 5.74) is 0. The van der Waals surface area contributed by atoms with Gasteiger partial charge < -0.3 is 60.1 Å². The van der Waals surface area contributed by atoms with E-state index in [1.807, 2.05) is 0 Å². The molecule has 0 aliphatic rings. The molecule has 0 aromatic heterocycles. The maximum atomic E-state index is 8.72. The van der Waals surface area contributed by atoms with Gasteiger partial charge in [0.25, 0.3) is 0 Å². The van der Waals surface area contributed by atoms with E-state index in [4.69, 9.17) is 45.5 Å². The summed E-state index contributed by atoms with van der Waals surface area (Å²) < 4.78 is 0. The van der Waals surface area contributed by atoms with Crippen LogP contribution in [-0.2, 0) is 14.7 Å². The van der Waals surface area contributed by atoms with E-state index in [-0.39, 0.29) is 39.6 Å². The largest absolute Gasteiger partial charge is 3.00 e. The molecule has 0 N–H and O–H groups in total. The van der Waals surface area contributed by atoms with E-state index in [9.17, 15) is 0 Å².